The van der Waals surface area contributed by atoms with Crippen LogP contribution in [-0.4, -0.2) is 32.2 Å². The van der Waals surface area contributed by atoms with E-state index < -0.39 is 5.60 Å². The molecule has 1 aliphatic heterocycles. The van der Waals surface area contributed by atoms with E-state index >= 15 is 0 Å². The standard InChI is InChI=1S/C15H14N2O2S3/c1-3-21-11-10-12(17-14(16-11)20-2)22-13(18)15(10,19)9-7-5-4-6-8-9/h4-8,19H,3H2,1-2H3. The molecule has 4 nitrogen and oxygen atoms in total. The van der Waals surface area contributed by atoms with E-state index in [1.807, 2.05) is 31.4 Å². The summed E-state index contributed by atoms with van der Waals surface area (Å²) in [7, 11) is 0. The Hall–Kier alpha value is -1.02. The summed E-state index contributed by atoms with van der Waals surface area (Å²) >= 11 is 3.95. The molecule has 1 N–H and O–H groups in total. The average molecular weight is 350 g/mol. The molecule has 1 atom stereocenters. The van der Waals surface area contributed by atoms with Gasteiger partial charge in [0, 0.05) is 0 Å². The SMILES string of the molecule is CCSc1nc(SC)nc2c1C(O)(c1ccccc1)C(=O)S2. The Morgan fingerprint density at radius 2 is 2.00 bits per heavy atom. The molecule has 0 aliphatic carbocycles. The van der Waals surface area contributed by atoms with Crippen LogP contribution in [0.25, 0.3) is 0 Å². The van der Waals surface area contributed by atoms with Gasteiger partial charge in [0.15, 0.2) is 10.8 Å². The van der Waals surface area contributed by atoms with Gasteiger partial charge in [0.2, 0.25) is 5.12 Å². The van der Waals surface area contributed by atoms with Crippen molar-refractivity contribution in [3.05, 3.63) is 41.5 Å². The maximum absolute atomic E-state index is 12.5. The summed E-state index contributed by atoms with van der Waals surface area (Å²) in [6, 6.07) is 9.00. The van der Waals surface area contributed by atoms with Crippen LogP contribution in [0, 0.1) is 0 Å². The topological polar surface area (TPSA) is 63.1 Å². The van der Waals surface area contributed by atoms with Crippen LogP contribution in [0.3, 0.4) is 0 Å². The van der Waals surface area contributed by atoms with Crippen molar-refractivity contribution < 1.29 is 9.90 Å². The lowest BCUT2D eigenvalue weighted by Crippen LogP contribution is -2.32. The first kappa shape index (κ1) is 15.9. The van der Waals surface area contributed by atoms with Gasteiger partial charge in [-0.3, -0.25) is 4.79 Å². The number of rotatable bonds is 4. The molecule has 7 heteroatoms. The zero-order chi connectivity index (χ0) is 15.7. The molecule has 0 radical (unpaired) electrons. The number of hydrogen-bond acceptors (Lipinski definition) is 7. The van der Waals surface area contributed by atoms with Crippen molar-refractivity contribution in [1.29, 1.82) is 0 Å². The molecular weight excluding hydrogens is 336 g/mol. The highest BCUT2D eigenvalue weighted by molar-refractivity contribution is 8.14. The lowest BCUT2D eigenvalue weighted by Gasteiger charge is -2.23. The second-order valence-corrected chi connectivity index (χ2v) is 7.58. The first-order valence-electron chi connectivity index (χ1n) is 6.70. The van der Waals surface area contributed by atoms with Crippen molar-refractivity contribution >= 4 is 40.4 Å². The first-order valence-corrected chi connectivity index (χ1v) is 9.73. The summed E-state index contributed by atoms with van der Waals surface area (Å²) in [5.74, 6) is 0.807. The zero-order valence-corrected chi connectivity index (χ0v) is 14.5. The zero-order valence-electron chi connectivity index (χ0n) is 12.1. The van der Waals surface area contributed by atoms with Crippen molar-refractivity contribution in [2.45, 2.75) is 27.7 Å². The van der Waals surface area contributed by atoms with Crippen LogP contribution in [-0.2, 0) is 10.4 Å². The minimum Gasteiger partial charge on any atom is -0.372 e. The van der Waals surface area contributed by atoms with E-state index in [0.717, 1.165) is 17.5 Å². The quantitative estimate of drug-likeness (QED) is 0.516. The van der Waals surface area contributed by atoms with E-state index in [9.17, 15) is 9.90 Å². The second-order valence-electron chi connectivity index (χ2n) is 4.59. The van der Waals surface area contributed by atoms with Gasteiger partial charge >= 0.3 is 0 Å². The smallest absolute Gasteiger partial charge is 0.236 e. The Morgan fingerprint density at radius 1 is 1.27 bits per heavy atom. The molecule has 0 bridgehead atoms. The van der Waals surface area contributed by atoms with Gasteiger partial charge in [0.1, 0.15) is 10.1 Å². The van der Waals surface area contributed by atoms with Crippen molar-refractivity contribution in [1.82, 2.24) is 9.97 Å². The molecule has 22 heavy (non-hydrogen) atoms. The molecular formula is C15H14N2O2S3. The summed E-state index contributed by atoms with van der Waals surface area (Å²) in [5, 5.41) is 12.7. The molecule has 1 aliphatic rings. The minimum atomic E-state index is -1.67. The number of fused-ring (bicyclic) bond motifs is 1. The van der Waals surface area contributed by atoms with Gasteiger partial charge in [-0.25, -0.2) is 9.97 Å². The van der Waals surface area contributed by atoms with E-state index in [2.05, 4.69) is 9.97 Å². The van der Waals surface area contributed by atoms with Crippen LogP contribution in [0.4, 0.5) is 0 Å². The lowest BCUT2D eigenvalue weighted by atomic mass is 9.89. The number of thioether (sulfide) groups is 3. The Morgan fingerprint density at radius 3 is 2.64 bits per heavy atom. The predicted molar refractivity (Wildman–Crippen MR) is 90.5 cm³/mol. The molecule has 114 valence electrons. The van der Waals surface area contributed by atoms with Crippen LogP contribution in [0.2, 0.25) is 0 Å². The number of benzene rings is 1. The molecule has 2 heterocycles. The van der Waals surface area contributed by atoms with E-state index in [1.54, 1.807) is 12.1 Å². The van der Waals surface area contributed by atoms with Crippen molar-refractivity contribution in [3.8, 4) is 0 Å². The largest absolute Gasteiger partial charge is 0.372 e. The average Bonchev–Trinajstić information content (AvgIpc) is 2.80. The molecule has 3 rings (SSSR count). The van der Waals surface area contributed by atoms with Crippen molar-refractivity contribution in [2.24, 2.45) is 0 Å². The van der Waals surface area contributed by atoms with Crippen LogP contribution in [0.5, 0.6) is 0 Å². The minimum absolute atomic E-state index is 0.320. The van der Waals surface area contributed by atoms with Gasteiger partial charge in [-0.2, -0.15) is 0 Å². The summed E-state index contributed by atoms with van der Waals surface area (Å²) in [6.45, 7) is 2.02. The molecule has 1 aromatic carbocycles. The van der Waals surface area contributed by atoms with Crippen LogP contribution >= 0.6 is 35.3 Å². The summed E-state index contributed by atoms with van der Waals surface area (Å²) < 4.78 is 0. The molecule has 1 unspecified atom stereocenters. The van der Waals surface area contributed by atoms with Crippen LogP contribution in [0.1, 0.15) is 18.1 Å². The molecule has 0 spiro atoms. The Kier molecular flexibility index (Phi) is 4.49. The fourth-order valence-corrected chi connectivity index (χ4v) is 4.70. The normalized spacial score (nSPS) is 20.2. The Bertz CT molecular complexity index is 724. The third-order valence-electron chi connectivity index (χ3n) is 3.32. The lowest BCUT2D eigenvalue weighted by molar-refractivity contribution is -0.124. The number of hydrogen-bond donors (Lipinski definition) is 1. The van der Waals surface area contributed by atoms with Gasteiger partial charge < -0.3 is 5.11 Å². The van der Waals surface area contributed by atoms with Gasteiger partial charge in [0.25, 0.3) is 0 Å². The van der Waals surface area contributed by atoms with E-state index in [4.69, 9.17) is 0 Å². The van der Waals surface area contributed by atoms with Gasteiger partial charge in [-0.05, 0) is 29.3 Å². The third-order valence-corrected chi connectivity index (χ3v) is 5.70. The van der Waals surface area contributed by atoms with Gasteiger partial charge in [-0.1, -0.05) is 49.0 Å². The molecule has 0 saturated heterocycles. The summed E-state index contributed by atoms with van der Waals surface area (Å²) in [5.41, 5.74) is -0.585. The fraction of sp³-hybridized carbons (Fsp3) is 0.267. The van der Waals surface area contributed by atoms with Gasteiger partial charge in [-0.15, -0.1) is 11.8 Å². The molecule has 2 aromatic rings. The Balaban J connectivity index is 2.24. The monoisotopic (exact) mass is 350 g/mol. The highest BCUT2D eigenvalue weighted by Crippen LogP contribution is 2.50. The highest BCUT2D eigenvalue weighted by Gasteiger charge is 2.50. The maximum Gasteiger partial charge on any atom is 0.236 e. The number of aliphatic hydroxyl groups is 1. The second kappa shape index (κ2) is 6.23. The van der Waals surface area contributed by atoms with Crippen LogP contribution < -0.4 is 0 Å². The third kappa shape index (κ3) is 2.46. The predicted octanol–water partition coefficient (Wildman–Crippen LogP) is 3.18. The molecule has 0 saturated carbocycles. The number of carbonyl (C=O) groups is 1. The Labute approximate surface area is 141 Å². The summed E-state index contributed by atoms with van der Waals surface area (Å²) in [6.07, 6.45) is 1.90. The first-order chi connectivity index (χ1) is 10.6. The fourth-order valence-electron chi connectivity index (χ4n) is 2.32. The molecule has 0 fully saturated rings. The highest BCUT2D eigenvalue weighted by atomic mass is 32.2. The molecule has 0 amide bonds. The number of nitrogens with zero attached hydrogens (tertiary/aromatic N) is 2. The van der Waals surface area contributed by atoms with E-state index in [1.165, 1.54) is 23.5 Å². The van der Waals surface area contributed by atoms with Crippen LogP contribution in [0.15, 0.2) is 45.5 Å². The summed E-state index contributed by atoms with van der Waals surface area (Å²) in [4.78, 5) is 21.4. The van der Waals surface area contributed by atoms with E-state index in [-0.39, 0.29) is 5.12 Å². The van der Waals surface area contributed by atoms with Crippen molar-refractivity contribution in [2.75, 3.05) is 12.0 Å². The number of aromatic nitrogens is 2. The van der Waals surface area contributed by atoms with E-state index in [0.29, 0.717) is 26.3 Å². The molecule has 1 aromatic heterocycles. The maximum atomic E-state index is 12.5. The van der Waals surface area contributed by atoms with Gasteiger partial charge in [0.05, 0.1) is 5.56 Å². The van der Waals surface area contributed by atoms with Crippen molar-refractivity contribution in [3.63, 3.8) is 0 Å². The number of carbonyl (C=O) groups excluding carboxylic acids is 1.